The van der Waals surface area contributed by atoms with Crippen molar-refractivity contribution in [1.82, 2.24) is 10.3 Å². The second kappa shape index (κ2) is 7.56. The number of ether oxygens (including phenoxy) is 1. The number of anilines is 1. The van der Waals surface area contributed by atoms with Gasteiger partial charge in [0.15, 0.2) is 0 Å². The Morgan fingerprint density at radius 3 is 2.64 bits per heavy atom. The first kappa shape index (κ1) is 16.0. The van der Waals surface area contributed by atoms with Gasteiger partial charge in [-0.15, -0.1) is 0 Å². The van der Waals surface area contributed by atoms with Gasteiger partial charge in [0.2, 0.25) is 0 Å². The summed E-state index contributed by atoms with van der Waals surface area (Å²) in [7, 11) is 3.57. The monoisotopic (exact) mass is 304 g/mol. The van der Waals surface area contributed by atoms with E-state index in [-0.39, 0.29) is 0 Å². The van der Waals surface area contributed by atoms with Crippen LogP contribution < -0.4 is 15.5 Å². The number of hydrogen-bond acceptors (Lipinski definition) is 5. The van der Waals surface area contributed by atoms with Crippen LogP contribution in [0, 0.1) is 0 Å². The molecule has 1 aliphatic rings. The highest BCUT2D eigenvalue weighted by atomic mass is 16.5. The summed E-state index contributed by atoms with van der Waals surface area (Å²) in [6.07, 6.45) is 1.60. The predicted octanol–water partition coefficient (Wildman–Crippen LogP) is 0.831. The minimum absolute atomic E-state index is 0.492. The van der Waals surface area contributed by atoms with Gasteiger partial charge in [0.25, 0.3) is 0 Å². The summed E-state index contributed by atoms with van der Waals surface area (Å²) in [5, 5.41) is 6.52. The topological polar surface area (TPSA) is 83.0 Å². The first-order valence-corrected chi connectivity index (χ1v) is 7.08. The van der Waals surface area contributed by atoms with Gasteiger partial charge >= 0.3 is 11.8 Å². The molecule has 0 saturated carbocycles. The summed E-state index contributed by atoms with van der Waals surface area (Å²) < 4.78 is 5.05. The molecule has 2 amide bonds. The van der Waals surface area contributed by atoms with Crippen LogP contribution in [0.15, 0.2) is 29.4 Å². The summed E-state index contributed by atoms with van der Waals surface area (Å²) in [5.41, 5.74) is 3.70. The lowest BCUT2D eigenvalue weighted by atomic mass is 10.1. The SMILES string of the molecule is COc1cccc(NC(=O)C(=O)NN=C2CCN(C)CC2)c1. The quantitative estimate of drug-likeness (QED) is 0.640. The van der Waals surface area contributed by atoms with E-state index in [4.69, 9.17) is 4.74 Å². The maximum absolute atomic E-state index is 11.8. The maximum atomic E-state index is 11.8. The molecule has 0 bridgehead atoms. The summed E-state index contributed by atoms with van der Waals surface area (Å²) in [6, 6.07) is 6.79. The minimum Gasteiger partial charge on any atom is -0.497 e. The number of benzene rings is 1. The number of amides is 2. The molecule has 1 heterocycles. The average molecular weight is 304 g/mol. The minimum atomic E-state index is -0.783. The van der Waals surface area contributed by atoms with Crippen molar-refractivity contribution in [1.29, 1.82) is 0 Å². The predicted molar refractivity (Wildman–Crippen MR) is 83.9 cm³/mol. The van der Waals surface area contributed by atoms with E-state index >= 15 is 0 Å². The van der Waals surface area contributed by atoms with Crippen molar-refractivity contribution in [2.45, 2.75) is 12.8 Å². The number of rotatable bonds is 3. The van der Waals surface area contributed by atoms with Crippen molar-refractivity contribution in [2.24, 2.45) is 5.10 Å². The highest BCUT2D eigenvalue weighted by Crippen LogP contribution is 2.16. The molecule has 1 aliphatic heterocycles. The molecule has 7 nitrogen and oxygen atoms in total. The Morgan fingerprint density at radius 1 is 1.23 bits per heavy atom. The van der Waals surface area contributed by atoms with E-state index in [0.717, 1.165) is 31.6 Å². The zero-order valence-electron chi connectivity index (χ0n) is 12.8. The Kier molecular flexibility index (Phi) is 5.48. The standard InChI is InChI=1S/C15H20N4O3/c1-19-8-6-11(7-9-19)17-18-15(21)14(20)16-12-4-3-5-13(10-12)22-2/h3-5,10H,6-9H2,1-2H3,(H,16,20)(H,18,21). The van der Waals surface area contributed by atoms with Crippen molar-refractivity contribution in [3.8, 4) is 5.75 Å². The Bertz CT molecular complexity index is 576. The van der Waals surface area contributed by atoms with Crippen LogP contribution >= 0.6 is 0 Å². The third-order valence-corrected chi connectivity index (χ3v) is 3.41. The fourth-order valence-electron chi connectivity index (χ4n) is 2.06. The first-order valence-electron chi connectivity index (χ1n) is 7.08. The van der Waals surface area contributed by atoms with E-state index in [1.54, 1.807) is 24.3 Å². The van der Waals surface area contributed by atoms with Gasteiger partial charge in [-0.1, -0.05) is 6.07 Å². The lowest BCUT2D eigenvalue weighted by Crippen LogP contribution is -2.35. The van der Waals surface area contributed by atoms with Crippen molar-refractivity contribution < 1.29 is 14.3 Å². The van der Waals surface area contributed by atoms with E-state index in [1.807, 2.05) is 7.05 Å². The lowest BCUT2D eigenvalue weighted by molar-refractivity contribution is -0.136. The Labute approximate surface area is 129 Å². The van der Waals surface area contributed by atoms with Crippen LogP contribution in [0.2, 0.25) is 0 Å². The van der Waals surface area contributed by atoms with Crippen molar-refractivity contribution >= 4 is 23.2 Å². The molecular formula is C15H20N4O3. The molecular weight excluding hydrogens is 284 g/mol. The zero-order chi connectivity index (χ0) is 15.9. The molecule has 7 heteroatoms. The largest absolute Gasteiger partial charge is 0.497 e. The van der Waals surface area contributed by atoms with Crippen LogP contribution in [0.5, 0.6) is 5.75 Å². The first-order chi connectivity index (χ1) is 10.6. The third-order valence-electron chi connectivity index (χ3n) is 3.41. The van der Waals surface area contributed by atoms with Crippen LogP contribution in [0.4, 0.5) is 5.69 Å². The Morgan fingerprint density at radius 2 is 1.95 bits per heavy atom. The van der Waals surface area contributed by atoms with E-state index in [9.17, 15) is 9.59 Å². The molecule has 1 aromatic rings. The van der Waals surface area contributed by atoms with Crippen LogP contribution in [-0.2, 0) is 9.59 Å². The van der Waals surface area contributed by atoms with Gasteiger partial charge in [-0.05, 0) is 19.2 Å². The van der Waals surface area contributed by atoms with E-state index < -0.39 is 11.8 Å². The number of likely N-dealkylation sites (tertiary alicyclic amines) is 1. The number of nitrogens with one attached hydrogen (secondary N) is 2. The number of methoxy groups -OCH3 is 1. The molecule has 0 atom stereocenters. The molecule has 1 saturated heterocycles. The number of piperidine rings is 1. The fraction of sp³-hybridized carbons (Fsp3) is 0.400. The van der Waals surface area contributed by atoms with Gasteiger partial charge in [0, 0.05) is 43.4 Å². The van der Waals surface area contributed by atoms with Gasteiger partial charge in [0.1, 0.15) is 5.75 Å². The normalized spacial score (nSPS) is 15.1. The summed E-state index contributed by atoms with van der Waals surface area (Å²) in [4.78, 5) is 25.7. The molecule has 0 aromatic heterocycles. The van der Waals surface area contributed by atoms with E-state index in [1.165, 1.54) is 7.11 Å². The molecule has 0 aliphatic carbocycles. The van der Waals surface area contributed by atoms with Gasteiger partial charge in [-0.2, -0.15) is 5.10 Å². The second-order valence-corrected chi connectivity index (χ2v) is 5.11. The fourth-order valence-corrected chi connectivity index (χ4v) is 2.06. The van der Waals surface area contributed by atoms with E-state index in [2.05, 4.69) is 20.7 Å². The molecule has 1 aromatic carbocycles. The average Bonchev–Trinajstić information content (AvgIpc) is 2.54. The molecule has 0 spiro atoms. The van der Waals surface area contributed by atoms with Gasteiger partial charge in [0.05, 0.1) is 7.11 Å². The molecule has 2 rings (SSSR count). The molecule has 1 fully saturated rings. The molecule has 22 heavy (non-hydrogen) atoms. The summed E-state index contributed by atoms with van der Waals surface area (Å²) in [6.45, 7) is 1.81. The third kappa shape index (κ3) is 4.56. The number of carbonyl (C=O) groups is 2. The molecule has 0 radical (unpaired) electrons. The smallest absolute Gasteiger partial charge is 0.329 e. The Hall–Kier alpha value is -2.41. The van der Waals surface area contributed by atoms with Crippen LogP contribution in [-0.4, -0.2) is 49.7 Å². The van der Waals surface area contributed by atoms with E-state index in [0.29, 0.717) is 11.4 Å². The maximum Gasteiger partial charge on any atom is 0.329 e. The Balaban J connectivity index is 1.86. The van der Waals surface area contributed by atoms with Crippen LogP contribution in [0.3, 0.4) is 0 Å². The second-order valence-electron chi connectivity index (χ2n) is 5.11. The highest BCUT2D eigenvalue weighted by Gasteiger charge is 2.15. The zero-order valence-corrected chi connectivity index (χ0v) is 12.8. The number of nitrogens with zero attached hydrogens (tertiary/aromatic N) is 2. The van der Waals surface area contributed by atoms with Crippen LogP contribution in [0.1, 0.15) is 12.8 Å². The molecule has 0 unspecified atom stereocenters. The van der Waals surface area contributed by atoms with Gasteiger partial charge in [-0.25, -0.2) is 5.43 Å². The van der Waals surface area contributed by atoms with Crippen molar-refractivity contribution in [3.05, 3.63) is 24.3 Å². The van der Waals surface area contributed by atoms with Gasteiger partial charge in [-0.3, -0.25) is 9.59 Å². The lowest BCUT2D eigenvalue weighted by Gasteiger charge is -2.22. The van der Waals surface area contributed by atoms with Gasteiger partial charge < -0.3 is 15.0 Å². The number of carbonyl (C=O) groups excluding carboxylic acids is 2. The summed E-state index contributed by atoms with van der Waals surface area (Å²) in [5.74, 6) is -0.940. The summed E-state index contributed by atoms with van der Waals surface area (Å²) >= 11 is 0. The molecule has 118 valence electrons. The van der Waals surface area contributed by atoms with Crippen molar-refractivity contribution in [3.63, 3.8) is 0 Å². The molecule has 2 N–H and O–H groups in total. The highest BCUT2D eigenvalue weighted by molar-refractivity contribution is 6.39. The van der Waals surface area contributed by atoms with Crippen LogP contribution in [0.25, 0.3) is 0 Å². The van der Waals surface area contributed by atoms with Crippen molar-refractivity contribution in [2.75, 3.05) is 32.6 Å². The number of hydrazone groups is 1. The number of hydrogen-bond donors (Lipinski definition) is 2.